The Labute approximate surface area is 137 Å². The number of hydrogen-bond donors (Lipinski definition) is 3. The van der Waals surface area contributed by atoms with E-state index in [1.165, 1.54) is 0 Å². The maximum absolute atomic E-state index is 11.8. The Morgan fingerprint density at radius 1 is 1.41 bits per heavy atom. The zero-order valence-electron chi connectivity index (χ0n) is 13.6. The summed E-state index contributed by atoms with van der Waals surface area (Å²) < 4.78 is 5.58. The highest BCUT2D eigenvalue weighted by molar-refractivity contribution is 6.30. The molecule has 0 fully saturated rings. The van der Waals surface area contributed by atoms with Crippen molar-refractivity contribution in [3.8, 4) is 5.75 Å². The van der Waals surface area contributed by atoms with Crippen molar-refractivity contribution in [2.24, 2.45) is 0 Å². The Bertz CT molecular complexity index is 499. The summed E-state index contributed by atoms with van der Waals surface area (Å²) in [6, 6.07) is 5.25. The highest BCUT2D eigenvalue weighted by atomic mass is 35.5. The van der Waals surface area contributed by atoms with Crippen molar-refractivity contribution in [2.75, 3.05) is 13.2 Å². The molecule has 0 aliphatic rings. The fourth-order valence-corrected chi connectivity index (χ4v) is 2.04. The number of rotatable bonds is 7. The summed E-state index contributed by atoms with van der Waals surface area (Å²) in [6.45, 7) is 8.37. The maximum Gasteiger partial charge on any atom is 0.258 e. The van der Waals surface area contributed by atoms with Crippen LogP contribution in [0.25, 0.3) is 0 Å². The molecule has 1 unspecified atom stereocenters. The molecule has 124 valence electrons. The molecule has 0 aromatic heterocycles. The molecule has 1 aromatic rings. The molecule has 1 rings (SSSR count). The third kappa shape index (κ3) is 7.64. The molecule has 22 heavy (non-hydrogen) atoms. The minimum Gasteiger partial charge on any atom is -0.483 e. The van der Waals surface area contributed by atoms with Crippen molar-refractivity contribution in [3.63, 3.8) is 0 Å². The lowest BCUT2D eigenvalue weighted by atomic mass is 10.1. The van der Waals surface area contributed by atoms with Crippen molar-refractivity contribution in [1.82, 2.24) is 10.6 Å². The van der Waals surface area contributed by atoms with Gasteiger partial charge in [0.05, 0.1) is 6.10 Å². The van der Waals surface area contributed by atoms with Crippen LogP contribution in [0.15, 0.2) is 18.2 Å². The Morgan fingerprint density at radius 2 is 2.09 bits per heavy atom. The molecule has 6 heteroatoms. The first-order chi connectivity index (χ1) is 10.2. The van der Waals surface area contributed by atoms with E-state index in [-0.39, 0.29) is 18.1 Å². The smallest absolute Gasteiger partial charge is 0.258 e. The third-order valence-electron chi connectivity index (χ3n) is 2.65. The molecule has 3 N–H and O–H groups in total. The molecule has 0 heterocycles. The summed E-state index contributed by atoms with van der Waals surface area (Å²) >= 11 is 6.00. The van der Waals surface area contributed by atoms with Gasteiger partial charge in [0.25, 0.3) is 5.91 Å². The van der Waals surface area contributed by atoms with Crippen LogP contribution in [-0.2, 0) is 11.3 Å². The zero-order chi connectivity index (χ0) is 16.8. The van der Waals surface area contributed by atoms with Crippen LogP contribution in [0.3, 0.4) is 0 Å². The molecule has 1 atom stereocenters. The van der Waals surface area contributed by atoms with Crippen LogP contribution in [-0.4, -0.2) is 35.8 Å². The largest absolute Gasteiger partial charge is 0.483 e. The zero-order valence-corrected chi connectivity index (χ0v) is 14.3. The quantitative estimate of drug-likeness (QED) is 0.717. The standard InChI is InChI=1S/C16H25ClN2O3/c1-11(20)8-18-9-12-7-13(17)5-6-14(12)22-10-15(21)19-16(2,3)4/h5-7,11,18,20H,8-10H2,1-4H3,(H,19,21). The van der Waals surface area contributed by atoms with Gasteiger partial charge in [-0.05, 0) is 45.9 Å². The van der Waals surface area contributed by atoms with Crippen LogP contribution < -0.4 is 15.4 Å². The van der Waals surface area contributed by atoms with Gasteiger partial charge in [0, 0.05) is 29.2 Å². The van der Waals surface area contributed by atoms with Crippen molar-refractivity contribution in [2.45, 2.75) is 45.9 Å². The van der Waals surface area contributed by atoms with E-state index in [4.69, 9.17) is 16.3 Å². The van der Waals surface area contributed by atoms with Crippen molar-refractivity contribution < 1.29 is 14.6 Å². The summed E-state index contributed by atoms with van der Waals surface area (Å²) in [5.74, 6) is 0.428. The van der Waals surface area contributed by atoms with Crippen LogP contribution in [0.1, 0.15) is 33.3 Å². The molecule has 0 radical (unpaired) electrons. The molecule has 0 saturated heterocycles. The third-order valence-corrected chi connectivity index (χ3v) is 2.89. The van der Waals surface area contributed by atoms with Crippen LogP contribution in [0.4, 0.5) is 0 Å². The average molecular weight is 329 g/mol. The first-order valence-electron chi connectivity index (χ1n) is 7.28. The van der Waals surface area contributed by atoms with E-state index in [1.807, 2.05) is 20.8 Å². The van der Waals surface area contributed by atoms with E-state index in [1.54, 1.807) is 25.1 Å². The normalized spacial score (nSPS) is 12.8. The number of carbonyl (C=O) groups excluding carboxylic acids is 1. The lowest BCUT2D eigenvalue weighted by Gasteiger charge is -2.21. The maximum atomic E-state index is 11.8. The van der Waals surface area contributed by atoms with E-state index in [2.05, 4.69) is 10.6 Å². The van der Waals surface area contributed by atoms with E-state index in [0.717, 1.165) is 5.56 Å². The number of nitrogens with one attached hydrogen (secondary N) is 2. The highest BCUT2D eigenvalue weighted by Crippen LogP contribution is 2.23. The van der Waals surface area contributed by atoms with Crippen molar-refractivity contribution >= 4 is 17.5 Å². The van der Waals surface area contributed by atoms with Gasteiger partial charge in [0.2, 0.25) is 0 Å². The van der Waals surface area contributed by atoms with Gasteiger partial charge in [-0.2, -0.15) is 0 Å². The Morgan fingerprint density at radius 3 is 2.68 bits per heavy atom. The molecule has 1 aromatic carbocycles. The van der Waals surface area contributed by atoms with Gasteiger partial charge in [-0.3, -0.25) is 4.79 Å². The van der Waals surface area contributed by atoms with Gasteiger partial charge < -0.3 is 20.5 Å². The molecule has 0 aliphatic heterocycles. The van der Waals surface area contributed by atoms with Gasteiger partial charge in [-0.25, -0.2) is 0 Å². The number of aliphatic hydroxyl groups excluding tert-OH is 1. The second kappa shape index (κ2) is 8.36. The second-order valence-electron chi connectivity index (χ2n) is 6.32. The van der Waals surface area contributed by atoms with Gasteiger partial charge in [0.1, 0.15) is 5.75 Å². The predicted molar refractivity (Wildman–Crippen MR) is 88.2 cm³/mol. The van der Waals surface area contributed by atoms with Crippen molar-refractivity contribution in [3.05, 3.63) is 28.8 Å². The summed E-state index contributed by atoms with van der Waals surface area (Å²) in [4.78, 5) is 11.8. The molecule has 0 aliphatic carbocycles. The fraction of sp³-hybridized carbons (Fsp3) is 0.562. The lowest BCUT2D eigenvalue weighted by Crippen LogP contribution is -2.43. The first kappa shape index (κ1) is 18.7. The Hall–Kier alpha value is -1.30. The minimum absolute atomic E-state index is 0.0533. The van der Waals surface area contributed by atoms with E-state index < -0.39 is 6.10 Å². The molecule has 0 spiro atoms. The number of hydrogen-bond acceptors (Lipinski definition) is 4. The van der Waals surface area contributed by atoms with E-state index in [0.29, 0.717) is 23.9 Å². The van der Waals surface area contributed by atoms with Crippen LogP contribution >= 0.6 is 11.6 Å². The molecule has 5 nitrogen and oxygen atoms in total. The van der Waals surface area contributed by atoms with E-state index in [9.17, 15) is 9.90 Å². The summed E-state index contributed by atoms with van der Waals surface area (Å²) in [7, 11) is 0. The SMILES string of the molecule is CC(O)CNCc1cc(Cl)ccc1OCC(=O)NC(C)(C)C. The van der Waals surface area contributed by atoms with E-state index >= 15 is 0 Å². The summed E-state index contributed by atoms with van der Waals surface area (Å²) in [5.41, 5.74) is 0.555. The van der Waals surface area contributed by atoms with Crippen LogP contribution in [0.5, 0.6) is 5.75 Å². The molecule has 0 bridgehead atoms. The predicted octanol–water partition coefficient (Wildman–Crippen LogP) is 2.10. The summed E-state index contributed by atoms with van der Waals surface area (Å²) in [6.07, 6.45) is -0.430. The topological polar surface area (TPSA) is 70.6 Å². The minimum atomic E-state index is -0.430. The fourth-order valence-electron chi connectivity index (χ4n) is 1.84. The van der Waals surface area contributed by atoms with Gasteiger partial charge in [-0.15, -0.1) is 0 Å². The second-order valence-corrected chi connectivity index (χ2v) is 6.76. The highest BCUT2D eigenvalue weighted by Gasteiger charge is 2.14. The molecular formula is C16H25ClN2O3. The molecule has 0 saturated carbocycles. The number of aliphatic hydroxyl groups is 1. The number of carbonyl (C=O) groups is 1. The number of benzene rings is 1. The number of halogens is 1. The van der Waals surface area contributed by atoms with Crippen LogP contribution in [0, 0.1) is 0 Å². The first-order valence-corrected chi connectivity index (χ1v) is 7.66. The van der Waals surface area contributed by atoms with Gasteiger partial charge in [-0.1, -0.05) is 11.6 Å². The van der Waals surface area contributed by atoms with Crippen molar-refractivity contribution in [1.29, 1.82) is 0 Å². The average Bonchev–Trinajstić information content (AvgIpc) is 2.35. The Kier molecular flexibility index (Phi) is 7.13. The number of amides is 1. The molecular weight excluding hydrogens is 304 g/mol. The van der Waals surface area contributed by atoms with Gasteiger partial charge >= 0.3 is 0 Å². The monoisotopic (exact) mass is 328 g/mol. The van der Waals surface area contributed by atoms with Crippen LogP contribution in [0.2, 0.25) is 5.02 Å². The lowest BCUT2D eigenvalue weighted by molar-refractivity contribution is -0.124. The van der Waals surface area contributed by atoms with Gasteiger partial charge in [0.15, 0.2) is 6.61 Å². The summed E-state index contributed by atoms with van der Waals surface area (Å²) in [5, 5.41) is 15.8. The Balaban J connectivity index is 2.63. The molecule has 1 amide bonds. The number of ether oxygens (including phenoxy) is 1.